The third-order valence-corrected chi connectivity index (χ3v) is 5.46. The van der Waals surface area contributed by atoms with Crippen LogP contribution in [-0.2, 0) is 23.1 Å². The van der Waals surface area contributed by atoms with Gasteiger partial charge in [-0.1, -0.05) is 12.8 Å². The number of aromatic nitrogens is 2. The summed E-state index contributed by atoms with van der Waals surface area (Å²) in [7, 11) is 3.84. The van der Waals surface area contributed by atoms with E-state index in [0.29, 0.717) is 25.6 Å². The van der Waals surface area contributed by atoms with Gasteiger partial charge in [0, 0.05) is 58.5 Å². The molecular formula is C18H28N4O2. The molecule has 6 nitrogen and oxygen atoms in total. The Morgan fingerprint density at radius 3 is 2.79 bits per heavy atom. The molecule has 1 aromatic heterocycles. The second kappa shape index (κ2) is 7.36. The highest BCUT2D eigenvalue weighted by Gasteiger charge is 2.39. The first-order valence-electron chi connectivity index (χ1n) is 9.07. The molecule has 1 saturated heterocycles. The number of rotatable bonds is 6. The molecule has 2 heterocycles. The van der Waals surface area contributed by atoms with E-state index in [4.69, 9.17) is 0 Å². The van der Waals surface area contributed by atoms with E-state index in [1.54, 1.807) is 11.1 Å². The fraction of sp³-hybridized carbons (Fsp3) is 0.722. The second-order valence-electron chi connectivity index (χ2n) is 7.20. The number of imidazole rings is 1. The van der Waals surface area contributed by atoms with Crippen LogP contribution in [-0.4, -0.2) is 57.3 Å². The summed E-state index contributed by atoms with van der Waals surface area (Å²) in [5, 5.41) is 0. The van der Waals surface area contributed by atoms with E-state index in [-0.39, 0.29) is 17.7 Å². The maximum atomic E-state index is 12.6. The van der Waals surface area contributed by atoms with Gasteiger partial charge in [-0.05, 0) is 19.3 Å². The zero-order chi connectivity index (χ0) is 17.1. The van der Waals surface area contributed by atoms with Crippen LogP contribution < -0.4 is 0 Å². The van der Waals surface area contributed by atoms with Gasteiger partial charge < -0.3 is 14.4 Å². The average Bonchev–Trinajstić information content (AvgIpc) is 3.28. The van der Waals surface area contributed by atoms with Crippen LogP contribution in [0, 0.1) is 5.92 Å². The van der Waals surface area contributed by atoms with Crippen molar-refractivity contribution in [2.45, 2.75) is 51.0 Å². The zero-order valence-corrected chi connectivity index (χ0v) is 14.8. The van der Waals surface area contributed by atoms with Gasteiger partial charge in [-0.3, -0.25) is 9.59 Å². The lowest BCUT2D eigenvalue weighted by molar-refractivity contribution is -0.134. The zero-order valence-electron chi connectivity index (χ0n) is 14.8. The molecule has 2 fully saturated rings. The summed E-state index contributed by atoms with van der Waals surface area (Å²) in [5.74, 6) is 1.17. The summed E-state index contributed by atoms with van der Waals surface area (Å²) in [6.45, 7) is 1.33. The fourth-order valence-corrected chi connectivity index (χ4v) is 4.00. The van der Waals surface area contributed by atoms with Crippen LogP contribution in [0.3, 0.4) is 0 Å². The van der Waals surface area contributed by atoms with Crippen molar-refractivity contribution in [3.05, 3.63) is 18.2 Å². The molecule has 0 unspecified atom stereocenters. The van der Waals surface area contributed by atoms with Crippen LogP contribution >= 0.6 is 0 Å². The van der Waals surface area contributed by atoms with Crippen molar-refractivity contribution in [3.63, 3.8) is 0 Å². The quantitative estimate of drug-likeness (QED) is 0.795. The average molecular weight is 332 g/mol. The minimum atomic E-state index is -0.156. The Labute approximate surface area is 143 Å². The van der Waals surface area contributed by atoms with Crippen molar-refractivity contribution < 1.29 is 9.59 Å². The van der Waals surface area contributed by atoms with Crippen molar-refractivity contribution in [2.75, 3.05) is 20.1 Å². The molecule has 0 N–H and O–H groups in total. The van der Waals surface area contributed by atoms with Crippen LogP contribution in [0.1, 0.15) is 44.3 Å². The van der Waals surface area contributed by atoms with Crippen molar-refractivity contribution in [1.29, 1.82) is 0 Å². The predicted octanol–water partition coefficient (Wildman–Crippen LogP) is 1.60. The SMILES string of the molecule is CN(CCCc1nccn1C)C(=O)[C@H]1CC(=O)N(C2CCCC2)C1. The lowest BCUT2D eigenvalue weighted by atomic mass is 10.1. The number of nitrogens with zero attached hydrogens (tertiary/aromatic N) is 4. The van der Waals surface area contributed by atoms with Crippen LogP contribution in [0.2, 0.25) is 0 Å². The molecule has 1 aliphatic heterocycles. The minimum absolute atomic E-state index is 0.115. The molecule has 1 atom stereocenters. The van der Waals surface area contributed by atoms with Crippen molar-refractivity contribution in [2.24, 2.45) is 13.0 Å². The Bertz CT molecular complexity index is 592. The topological polar surface area (TPSA) is 58.4 Å². The normalized spacial score (nSPS) is 21.7. The van der Waals surface area contributed by atoms with Gasteiger partial charge in [-0.2, -0.15) is 0 Å². The summed E-state index contributed by atoms with van der Waals surface area (Å²) in [6.07, 6.45) is 10.5. The number of carbonyl (C=O) groups is 2. The minimum Gasteiger partial charge on any atom is -0.345 e. The highest BCUT2D eigenvalue weighted by Crippen LogP contribution is 2.30. The molecule has 1 aromatic rings. The van der Waals surface area contributed by atoms with Gasteiger partial charge in [0.2, 0.25) is 11.8 Å². The summed E-state index contributed by atoms with van der Waals surface area (Å²) in [5.41, 5.74) is 0. The molecule has 0 bridgehead atoms. The summed E-state index contributed by atoms with van der Waals surface area (Å²) in [6, 6.07) is 0.379. The van der Waals surface area contributed by atoms with Crippen LogP contribution in [0.15, 0.2) is 12.4 Å². The first-order valence-corrected chi connectivity index (χ1v) is 9.07. The lowest BCUT2D eigenvalue weighted by Crippen LogP contribution is -2.38. The summed E-state index contributed by atoms with van der Waals surface area (Å²) in [4.78, 5) is 33.0. The Morgan fingerprint density at radius 1 is 1.38 bits per heavy atom. The molecule has 0 aromatic carbocycles. The summed E-state index contributed by atoms with van der Waals surface area (Å²) >= 11 is 0. The maximum Gasteiger partial charge on any atom is 0.227 e. The van der Waals surface area contributed by atoms with Gasteiger partial charge in [0.15, 0.2) is 0 Å². The van der Waals surface area contributed by atoms with Crippen LogP contribution in [0.25, 0.3) is 0 Å². The number of amides is 2. The Balaban J connectivity index is 1.47. The Kier molecular flexibility index (Phi) is 5.21. The van der Waals surface area contributed by atoms with Crippen molar-refractivity contribution in [3.8, 4) is 0 Å². The standard InChI is InChI=1S/C18H28N4O2/c1-20-11-9-19-16(20)8-5-10-21(2)18(24)14-12-17(23)22(13-14)15-6-3-4-7-15/h9,11,14-15H,3-8,10,12-13H2,1-2H3/t14-/m0/s1. The Hall–Kier alpha value is -1.85. The third-order valence-electron chi connectivity index (χ3n) is 5.46. The summed E-state index contributed by atoms with van der Waals surface area (Å²) < 4.78 is 2.01. The number of hydrogen-bond donors (Lipinski definition) is 0. The molecule has 2 aliphatic rings. The van der Waals surface area contributed by atoms with E-state index >= 15 is 0 Å². The molecule has 132 valence electrons. The molecule has 1 saturated carbocycles. The van der Waals surface area contributed by atoms with Gasteiger partial charge in [0.05, 0.1) is 5.92 Å². The van der Waals surface area contributed by atoms with Crippen molar-refractivity contribution >= 4 is 11.8 Å². The van der Waals surface area contributed by atoms with E-state index in [0.717, 1.165) is 31.5 Å². The molecule has 1 aliphatic carbocycles. The highest BCUT2D eigenvalue weighted by atomic mass is 16.2. The first kappa shape index (κ1) is 17.0. The van der Waals surface area contributed by atoms with E-state index in [9.17, 15) is 9.59 Å². The first-order chi connectivity index (χ1) is 11.6. The van der Waals surface area contributed by atoms with E-state index in [1.807, 2.05) is 29.8 Å². The fourth-order valence-electron chi connectivity index (χ4n) is 4.00. The van der Waals surface area contributed by atoms with Crippen molar-refractivity contribution in [1.82, 2.24) is 19.4 Å². The number of likely N-dealkylation sites (tertiary alicyclic amines) is 1. The Morgan fingerprint density at radius 2 is 2.12 bits per heavy atom. The number of aryl methyl sites for hydroxylation is 2. The predicted molar refractivity (Wildman–Crippen MR) is 91.2 cm³/mol. The molecule has 2 amide bonds. The maximum absolute atomic E-state index is 12.6. The van der Waals surface area contributed by atoms with E-state index in [1.165, 1.54) is 12.8 Å². The molecule has 24 heavy (non-hydrogen) atoms. The van der Waals surface area contributed by atoms with Gasteiger partial charge >= 0.3 is 0 Å². The lowest BCUT2D eigenvalue weighted by Gasteiger charge is -2.25. The van der Waals surface area contributed by atoms with Gasteiger partial charge in [-0.25, -0.2) is 4.98 Å². The number of hydrogen-bond acceptors (Lipinski definition) is 3. The van der Waals surface area contributed by atoms with E-state index < -0.39 is 0 Å². The molecule has 0 radical (unpaired) electrons. The molecule has 3 rings (SSSR count). The molecular weight excluding hydrogens is 304 g/mol. The second-order valence-corrected chi connectivity index (χ2v) is 7.20. The highest BCUT2D eigenvalue weighted by molar-refractivity contribution is 5.89. The largest absolute Gasteiger partial charge is 0.345 e. The van der Waals surface area contributed by atoms with Crippen LogP contribution in [0.5, 0.6) is 0 Å². The van der Waals surface area contributed by atoms with E-state index in [2.05, 4.69) is 4.98 Å². The molecule has 0 spiro atoms. The number of carbonyl (C=O) groups excluding carboxylic acids is 2. The monoisotopic (exact) mass is 332 g/mol. The molecule has 6 heteroatoms. The third kappa shape index (κ3) is 3.62. The smallest absolute Gasteiger partial charge is 0.227 e. The van der Waals surface area contributed by atoms with Crippen LogP contribution in [0.4, 0.5) is 0 Å². The van der Waals surface area contributed by atoms with Gasteiger partial charge in [-0.15, -0.1) is 0 Å². The van der Waals surface area contributed by atoms with Gasteiger partial charge in [0.25, 0.3) is 0 Å². The van der Waals surface area contributed by atoms with Gasteiger partial charge in [0.1, 0.15) is 5.82 Å².